The van der Waals surface area contributed by atoms with Crippen molar-refractivity contribution >= 4 is 5.78 Å². The molecule has 0 aromatic heterocycles. The number of carbonyl (C=O) groups is 1. The minimum atomic E-state index is -0.637. The Balaban J connectivity index is 3.28. The third-order valence-corrected chi connectivity index (χ3v) is 2.73. The minimum Gasteiger partial charge on any atom is -0.319 e. The molecule has 15 heavy (non-hydrogen) atoms. The molecule has 0 aromatic carbocycles. The molecule has 0 rings (SSSR count). The average molecular weight is 213 g/mol. The van der Waals surface area contributed by atoms with Gasteiger partial charge in [-0.25, -0.2) is 0 Å². The Hall–Kier alpha value is -0.370. The first-order chi connectivity index (χ1) is 6.98. The lowest BCUT2D eigenvalue weighted by Gasteiger charge is -2.16. The second-order valence-electron chi connectivity index (χ2n) is 5.02. The highest BCUT2D eigenvalue weighted by molar-refractivity contribution is 5.87. The van der Waals surface area contributed by atoms with E-state index in [0.717, 1.165) is 6.42 Å². The summed E-state index contributed by atoms with van der Waals surface area (Å²) in [7, 11) is 0. The van der Waals surface area contributed by atoms with Crippen molar-refractivity contribution in [1.82, 2.24) is 0 Å². The lowest BCUT2D eigenvalue weighted by molar-refractivity contribution is -0.123. The van der Waals surface area contributed by atoms with Crippen LogP contribution in [0, 0.1) is 0 Å². The van der Waals surface area contributed by atoms with Crippen LogP contribution >= 0.6 is 0 Å². The highest BCUT2D eigenvalue weighted by atomic mass is 16.1. The van der Waals surface area contributed by atoms with Crippen molar-refractivity contribution in [2.75, 3.05) is 0 Å². The topological polar surface area (TPSA) is 43.1 Å². The summed E-state index contributed by atoms with van der Waals surface area (Å²) in [6.45, 7) is 5.80. The first-order valence-corrected chi connectivity index (χ1v) is 6.30. The van der Waals surface area contributed by atoms with Crippen molar-refractivity contribution in [3.63, 3.8) is 0 Å². The summed E-state index contributed by atoms with van der Waals surface area (Å²) in [5, 5.41) is 0. The van der Waals surface area contributed by atoms with E-state index >= 15 is 0 Å². The molecular formula is C13H27NO. The number of Topliss-reactive ketones (excluding diaryl/α,β-unsaturated/α-hetero) is 1. The summed E-state index contributed by atoms with van der Waals surface area (Å²) in [4.78, 5) is 11.5. The zero-order valence-electron chi connectivity index (χ0n) is 10.6. The number of carbonyl (C=O) groups excluding carboxylic acids is 1. The Morgan fingerprint density at radius 3 is 1.93 bits per heavy atom. The minimum absolute atomic E-state index is 0.191. The normalized spacial score (nSPS) is 11.7. The molecule has 0 fully saturated rings. The molecule has 0 heterocycles. The van der Waals surface area contributed by atoms with E-state index in [-0.39, 0.29) is 5.78 Å². The van der Waals surface area contributed by atoms with Gasteiger partial charge >= 0.3 is 0 Å². The van der Waals surface area contributed by atoms with Gasteiger partial charge in [0, 0.05) is 6.42 Å². The maximum Gasteiger partial charge on any atom is 0.152 e. The van der Waals surface area contributed by atoms with Crippen LogP contribution in [-0.2, 0) is 4.79 Å². The number of ketones is 1. The predicted octanol–water partition coefficient (Wildman–Crippen LogP) is 3.43. The van der Waals surface area contributed by atoms with Gasteiger partial charge in [0.2, 0.25) is 0 Å². The molecule has 90 valence electrons. The first kappa shape index (κ1) is 14.6. The van der Waals surface area contributed by atoms with E-state index < -0.39 is 5.54 Å². The summed E-state index contributed by atoms with van der Waals surface area (Å²) in [5.74, 6) is 0.191. The molecule has 0 radical (unpaired) electrons. The van der Waals surface area contributed by atoms with Crippen LogP contribution in [0.2, 0.25) is 0 Å². The van der Waals surface area contributed by atoms with E-state index in [9.17, 15) is 4.79 Å². The van der Waals surface area contributed by atoms with E-state index in [4.69, 9.17) is 5.73 Å². The van der Waals surface area contributed by atoms with Crippen LogP contribution in [0.4, 0.5) is 0 Å². The van der Waals surface area contributed by atoms with Crippen molar-refractivity contribution in [2.24, 2.45) is 5.73 Å². The van der Waals surface area contributed by atoms with Gasteiger partial charge in [-0.05, 0) is 20.3 Å². The van der Waals surface area contributed by atoms with E-state index in [1.165, 1.54) is 38.5 Å². The monoisotopic (exact) mass is 213 g/mol. The molecule has 0 unspecified atom stereocenters. The van der Waals surface area contributed by atoms with E-state index in [0.29, 0.717) is 6.42 Å². The molecule has 0 saturated carbocycles. The second kappa shape index (κ2) is 7.86. The highest BCUT2D eigenvalue weighted by Crippen LogP contribution is 2.11. The van der Waals surface area contributed by atoms with Crippen LogP contribution < -0.4 is 5.73 Å². The Kier molecular flexibility index (Phi) is 7.67. The Bertz CT molecular complexity index is 170. The smallest absolute Gasteiger partial charge is 0.152 e. The number of hydrogen-bond donors (Lipinski definition) is 1. The summed E-state index contributed by atoms with van der Waals surface area (Å²) in [6, 6.07) is 0. The summed E-state index contributed by atoms with van der Waals surface area (Å²) < 4.78 is 0. The molecule has 2 heteroatoms. The summed E-state index contributed by atoms with van der Waals surface area (Å²) in [5.41, 5.74) is 5.07. The predicted molar refractivity (Wildman–Crippen MR) is 65.9 cm³/mol. The first-order valence-electron chi connectivity index (χ1n) is 6.30. The van der Waals surface area contributed by atoms with Crippen LogP contribution in [0.5, 0.6) is 0 Å². The van der Waals surface area contributed by atoms with Crippen molar-refractivity contribution in [3.05, 3.63) is 0 Å². The SMILES string of the molecule is CCCCCCCCCC(=O)C(C)(C)N. The number of rotatable bonds is 9. The van der Waals surface area contributed by atoms with Gasteiger partial charge in [-0.2, -0.15) is 0 Å². The molecule has 0 atom stereocenters. The number of nitrogens with two attached hydrogens (primary N) is 1. The molecule has 0 amide bonds. The maximum atomic E-state index is 11.5. The third kappa shape index (κ3) is 8.61. The van der Waals surface area contributed by atoms with Crippen LogP contribution in [0.3, 0.4) is 0 Å². The third-order valence-electron chi connectivity index (χ3n) is 2.73. The number of hydrogen-bond acceptors (Lipinski definition) is 2. The highest BCUT2D eigenvalue weighted by Gasteiger charge is 2.20. The zero-order valence-corrected chi connectivity index (χ0v) is 10.6. The Labute approximate surface area is 94.6 Å². The molecule has 0 bridgehead atoms. The largest absolute Gasteiger partial charge is 0.319 e. The lowest BCUT2D eigenvalue weighted by Crippen LogP contribution is -2.41. The van der Waals surface area contributed by atoms with Gasteiger partial charge in [-0.1, -0.05) is 45.4 Å². The standard InChI is InChI=1S/C13H27NO/c1-4-5-6-7-8-9-10-11-12(15)13(2,3)14/h4-11,14H2,1-3H3. The molecule has 0 aliphatic carbocycles. The van der Waals surface area contributed by atoms with Gasteiger partial charge in [-0.3, -0.25) is 4.79 Å². The summed E-state index contributed by atoms with van der Waals surface area (Å²) >= 11 is 0. The molecule has 0 spiro atoms. The van der Waals surface area contributed by atoms with Gasteiger partial charge in [0.1, 0.15) is 0 Å². The van der Waals surface area contributed by atoms with E-state index in [2.05, 4.69) is 6.92 Å². The Morgan fingerprint density at radius 2 is 1.47 bits per heavy atom. The van der Waals surface area contributed by atoms with Crippen molar-refractivity contribution in [2.45, 2.75) is 77.7 Å². The number of unbranched alkanes of at least 4 members (excludes halogenated alkanes) is 6. The van der Waals surface area contributed by atoms with Crippen LogP contribution in [0.15, 0.2) is 0 Å². The molecular weight excluding hydrogens is 186 g/mol. The van der Waals surface area contributed by atoms with Crippen molar-refractivity contribution < 1.29 is 4.79 Å². The second-order valence-corrected chi connectivity index (χ2v) is 5.02. The van der Waals surface area contributed by atoms with Crippen molar-refractivity contribution in [1.29, 1.82) is 0 Å². The van der Waals surface area contributed by atoms with Gasteiger partial charge in [0.15, 0.2) is 5.78 Å². The quantitative estimate of drug-likeness (QED) is 0.596. The van der Waals surface area contributed by atoms with E-state index in [1.807, 2.05) is 0 Å². The fourth-order valence-electron chi connectivity index (χ4n) is 1.56. The van der Waals surface area contributed by atoms with Crippen LogP contribution in [-0.4, -0.2) is 11.3 Å². The maximum absolute atomic E-state index is 11.5. The average Bonchev–Trinajstić information content (AvgIpc) is 2.14. The molecule has 2 nitrogen and oxygen atoms in total. The molecule has 2 N–H and O–H groups in total. The summed E-state index contributed by atoms with van der Waals surface area (Å²) in [6.07, 6.45) is 9.38. The van der Waals surface area contributed by atoms with Gasteiger partial charge in [-0.15, -0.1) is 0 Å². The van der Waals surface area contributed by atoms with Gasteiger partial charge in [0.05, 0.1) is 5.54 Å². The van der Waals surface area contributed by atoms with Crippen molar-refractivity contribution in [3.8, 4) is 0 Å². The Morgan fingerprint density at radius 1 is 1.00 bits per heavy atom. The van der Waals surface area contributed by atoms with Gasteiger partial charge < -0.3 is 5.73 Å². The fraction of sp³-hybridized carbons (Fsp3) is 0.923. The molecule has 0 aliphatic rings. The fourth-order valence-corrected chi connectivity index (χ4v) is 1.56. The molecule has 0 saturated heterocycles. The zero-order chi connectivity index (χ0) is 11.7. The van der Waals surface area contributed by atoms with Crippen LogP contribution in [0.1, 0.15) is 72.1 Å². The molecule has 0 aliphatic heterocycles. The molecule has 0 aromatic rings. The van der Waals surface area contributed by atoms with Crippen LogP contribution in [0.25, 0.3) is 0 Å². The van der Waals surface area contributed by atoms with E-state index in [1.54, 1.807) is 13.8 Å². The van der Waals surface area contributed by atoms with Gasteiger partial charge in [0.25, 0.3) is 0 Å². The lowest BCUT2D eigenvalue weighted by atomic mass is 9.95.